The Morgan fingerprint density at radius 2 is 2.00 bits per heavy atom. The highest BCUT2D eigenvalue weighted by Gasteiger charge is 2.20. The van der Waals surface area contributed by atoms with Crippen molar-refractivity contribution >= 4 is 11.4 Å². The lowest BCUT2D eigenvalue weighted by atomic mass is 10.3. The number of azo groups is 1. The molecule has 21 heavy (non-hydrogen) atoms. The fraction of sp³-hybridized carbons (Fsp3) is 0.231. The Labute approximate surface area is 121 Å². The Hall–Kier alpha value is -2.74. The van der Waals surface area contributed by atoms with E-state index in [1.54, 1.807) is 12.1 Å². The van der Waals surface area contributed by atoms with E-state index in [-0.39, 0.29) is 5.70 Å². The molecule has 1 atom stereocenters. The van der Waals surface area contributed by atoms with E-state index in [0.29, 0.717) is 10.8 Å². The minimum atomic E-state index is -0.776. The van der Waals surface area contributed by atoms with Gasteiger partial charge in [-0.05, 0) is 30.3 Å². The van der Waals surface area contributed by atoms with E-state index in [2.05, 4.69) is 10.2 Å². The van der Waals surface area contributed by atoms with Crippen molar-refractivity contribution < 1.29 is 10.1 Å². The van der Waals surface area contributed by atoms with Gasteiger partial charge in [-0.25, -0.2) is 5.06 Å². The van der Waals surface area contributed by atoms with E-state index < -0.39 is 11.1 Å². The molecule has 110 valence electrons. The monoisotopic (exact) mass is 289 g/mol. The molecule has 1 heterocycles. The van der Waals surface area contributed by atoms with Gasteiger partial charge in [0.05, 0.1) is 10.6 Å². The van der Waals surface area contributed by atoms with Crippen LogP contribution in [-0.2, 0) is 0 Å². The first-order valence-corrected chi connectivity index (χ1v) is 6.17. The Morgan fingerprint density at radius 3 is 2.52 bits per heavy atom. The summed E-state index contributed by atoms with van der Waals surface area (Å²) in [4.78, 5) is 11.9. The molecule has 0 saturated carbocycles. The summed E-state index contributed by atoms with van der Waals surface area (Å²) in [6, 6.07) is 7.38. The van der Waals surface area contributed by atoms with Crippen molar-refractivity contribution in [3.63, 3.8) is 0 Å². The van der Waals surface area contributed by atoms with Crippen molar-refractivity contribution in [2.75, 3.05) is 19.0 Å². The normalized spacial score (nSPS) is 18.0. The minimum Gasteiger partial charge on any atom is -0.378 e. The fourth-order valence-corrected chi connectivity index (χ4v) is 1.67. The first-order chi connectivity index (χ1) is 9.97. The predicted molar refractivity (Wildman–Crippen MR) is 76.9 cm³/mol. The molecule has 1 aromatic rings. The Morgan fingerprint density at radius 1 is 1.33 bits per heavy atom. The second-order valence-corrected chi connectivity index (χ2v) is 4.59. The van der Waals surface area contributed by atoms with Gasteiger partial charge >= 0.3 is 0 Å². The zero-order valence-electron chi connectivity index (χ0n) is 11.6. The van der Waals surface area contributed by atoms with E-state index in [1.165, 1.54) is 12.2 Å². The number of anilines is 1. The molecule has 0 saturated heterocycles. The van der Waals surface area contributed by atoms with E-state index in [9.17, 15) is 15.3 Å². The molecule has 1 aromatic carbocycles. The van der Waals surface area contributed by atoms with Gasteiger partial charge in [0.2, 0.25) is 0 Å². The maximum Gasteiger partial charge on any atom is 0.287 e. The topological polar surface area (TPSA) is 94.6 Å². The smallest absolute Gasteiger partial charge is 0.287 e. The highest BCUT2D eigenvalue weighted by molar-refractivity contribution is 5.51. The van der Waals surface area contributed by atoms with Crippen LogP contribution in [0, 0.1) is 10.1 Å². The molecule has 1 unspecified atom stereocenters. The average Bonchev–Trinajstić information content (AvgIpc) is 2.46. The summed E-state index contributed by atoms with van der Waals surface area (Å²) in [5, 5.41) is 28.8. The van der Waals surface area contributed by atoms with Gasteiger partial charge in [-0.3, -0.25) is 15.3 Å². The van der Waals surface area contributed by atoms with Crippen LogP contribution in [0.15, 0.2) is 58.5 Å². The van der Waals surface area contributed by atoms with Crippen LogP contribution in [0.2, 0.25) is 0 Å². The van der Waals surface area contributed by atoms with E-state index in [4.69, 9.17) is 0 Å². The number of benzene rings is 1. The molecule has 2 rings (SSSR count). The lowest BCUT2D eigenvalue weighted by Gasteiger charge is -2.18. The maximum absolute atomic E-state index is 10.6. The highest BCUT2D eigenvalue weighted by atomic mass is 16.6. The van der Waals surface area contributed by atoms with E-state index in [0.717, 1.165) is 11.9 Å². The average molecular weight is 289 g/mol. The molecule has 8 nitrogen and oxygen atoms in total. The molecule has 8 heteroatoms. The summed E-state index contributed by atoms with van der Waals surface area (Å²) in [6.45, 7) is 0. The first-order valence-electron chi connectivity index (χ1n) is 6.17. The van der Waals surface area contributed by atoms with Gasteiger partial charge < -0.3 is 4.90 Å². The van der Waals surface area contributed by atoms with Gasteiger partial charge in [0.1, 0.15) is 6.20 Å². The number of rotatable bonds is 4. The second-order valence-electron chi connectivity index (χ2n) is 4.59. The number of hydrogen-bond donors (Lipinski definition) is 1. The largest absolute Gasteiger partial charge is 0.378 e. The van der Waals surface area contributed by atoms with Crippen molar-refractivity contribution in [3.8, 4) is 0 Å². The number of hydroxylamine groups is 2. The lowest BCUT2D eigenvalue weighted by molar-refractivity contribution is -0.421. The predicted octanol–water partition coefficient (Wildman–Crippen LogP) is 2.54. The molecule has 0 fully saturated rings. The van der Waals surface area contributed by atoms with Gasteiger partial charge in [0, 0.05) is 25.9 Å². The van der Waals surface area contributed by atoms with Crippen LogP contribution in [0.3, 0.4) is 0 Å². The standard InChI is InChI=1S/C13H15N5O3/c1-16(2)11-5-3-10(4-6-11)14-15-13-8-7-12(18(20)21)9-17(13)19/h3-9,13,19H,1-2H3. The number of nitrogens with zero attached hydrogens (tertiary/aromatic N) is 5. The summed E-state index contributed by atoms with van der Waals surface area (Å²) in [7, 11) is 3.87. The Balaban J connectivity index is 2.05. The zero-order valence-corrected chi connectivity index (χ0v) is 11.6. The van der Waals surface area contributed by atoms with Crippen LogP contribution in [0.25, 0.3) is 0 Å². The van der Waals surface area contributed by atoms with Crippen LogP contribution in [0.1, 0.15) is 0 Å². The number of hydrogen-bond acceptors (Lipinski definition) is 7. The van der Waals surface area contributed by atoms with Crippen molar-refractivity contribution in [3.05, 3.63) is 58.4 Å². The van der Waals surface area contributed by atoms with Gasteiger partial charge in [-0.2, -0.15) is 10.2 Å². The molecule has 0 aliphatic carbocycles. The van der Waals surface area contributed by atoms with Crippen LogP contribution < -0.4 is 4.90 Å². The molecule has 0 spiro atoms. The maximum atomic E-state index is 10.6. The second kappa shape index (κ2) is 6.14. The molecule has 1 aliphatic rings. The Bertz CT molecular complexity index is 607. The van der Waals surface area contributed by atoms with Crippen LogP contribution in [0.4, 0.5) is 11.4 Å². The van der Waals surface area contributed by atoms with Crippen molar-refractivity contribution in [1.82, 2.24) is 5.06 Å². The lowest BCUT2D eigenvalue weighted by Crippen LogP contribution is -2.27. The molecule has 0 bridgehead atoms. The molecule has 0 radical (unpaired) electrons. The third-order valence-electron chi connectivity index (χ3n) is 2.84. The van der Waals surface area contributed by atoms with Crippen LogP contribution >= 0.6 is 0 Å². The summed E-state index contributed by atoms with van der Waals surface area (Å²) >= 11 is 0. The first kappa shape index (κ1) is 14.7. The summed E-state index contributed by atoms with van der Waals surface area (Å²) in [5.41, 5.74) is 1.46. The van der Waals surface area contributed by atoms with Crippen molar-refractivity contribution in [1.29, 1.82) is 0 Å². The third kappa shape index (κ3) is 3.63. The molecule has 0 amide bonds. The van der Waals surface area contributed by atoms with Gasteiger partial charge in [0.25, 0.3) is 5.70 Å². The van der Waals surface area contributed by atoms with Gasteiger partial charge in [-0.15, -0.1) is 0 Å². The van der Waals surface area contributed by atoms with Crippen molar-refractivity contribution in [2.45, 2.75) is 6.17 Å². The molecule has 1 aliphatic heterocycles. The van der Waals surface area contributed by atoms with Crippen LogP contribution in [0.5, 0.6) is 0 Å². The summed E-state index contributed by atoms with van der Waals surface area (Å²) < 4.78 is 0. The minimum absolute atomic E-state index is 0.209. The Kier molecular flexibility index (Phi) is 4.29. The van der Waals surface area contributed by atoms with Crippen LogP contribution in [-0.4, -0.2) is 35.5 Å². The van der Waals surface area contributed by atoms with Gasteiger partial charge in [0.15, 0.2) is 6.17 Å². The highest BCUT2D eigenvalue weighted by Crippen LogP contribution is 2.20. The molecule has 0 aromatic heterocycles. The quantitative estimate of drug-likeness (QED) is 0.522. The fourth-order valence-electron chi connectivity index (χ4n) is 1.67. The number of nitro groups is 1. The van der Waals surface area contributed by atoms with E-state index >= 15 is 0 Å². The van der Waals surface area contributed by atoms with E-state index in [1.807, 2.05) is 31.1 Å². The third-order valence-corrected chi connectivity index (χ3v) is 2.84. The molecular formula is C13H15N5O3. The SMILES string of the molecule is CN(C)c1ccc(N=NC2C=CC([N+](=O)[O-])=CN2O)cc1. The zero-order chi connectivity index (χ0) is 15.4. The van der Waals surface area contributed by atoms with Crippen molar-refractivity contribution in [2.24, 2.45) is 10.2 Å². The number of allylic oxidation sites excluding steroid dienone is 1. The van der Waals surface area contributed by atoms with Gasteiger partial charge in [-0.1, -0.05) is 0 Å². The summed E-state index contributed by atoms with van der Waals surface area (Å²) in [5.74, 6) is 0. The molecule has 1 N–H and O–H groups in total. The molecular weight excluding hydrogens is 274 g/mol. The summed E-state index contributed by atoms with van der Waals surface area (Å²) in [6.07, 6.45) is 2.91.